The van der Waals surface area contributed by atoms with E-state index >= 15 is 0 Å². The van der Waals surface area contributed by atoms with Gasteiger partial charge in [0.05, 0.1) is 30.7 Å². The minimum atomic E-state index is -0.0970. The van der Waals surface area contributed by atoms with Crippen molar-refractivity contribution in [2.24, 2.45) is 0 Å². The van der Waals surface area contributed by atoms with Crippen LogP contribution in [0.15, 0.2) is 60.5 Å². The summed E-state index contributed by atoms with van der Waals surface area (Å²) in [6.45, 7) is 6.33. The highest BCUT2D eigenvalue weighted by atomic mass is 35.5. The van der Waals surface area contributed by atoms with Crippen LogP contribution in [-0.4, -0.2) is 53.8 Å². The minimum absolute atomic E-state index is 0.0970. The first kappa shape index (κ1) is 26.9. The predicted molar refractivity (Wildman–Crippen MR) is 150 cm³/mol. The summed E-state index contributed by atoms with van der Waals surface area (Å²) in [5.74, 6) is 2.15. The molecule has 1 aromatic carbocycles. The number of rotatable bonds is 12. The molecule has 3 rings (SSSR count). The third-order valence-electron chi connectivity index (χ3n) is 5.83. The normalized spacial score (nSPS) is 15.8. The summed E-state index contributed by atoms with van der Waals surface area (Å²) < 4.78 is 7.78. The van der Waals surface area contributed by atoms with Crippen molar-refractivity contribution in [3.05, 3.63) is 71.1 Å². The van der Waals surface area contributed by atoms with E-state index in [1.807, 2.05) is 37.6 Å². The van der Waals surface area contributed by atoms with E-state index in [0.717, 1.165) is 36.6 Å². The van der Waals surface area contributed by atoms with E-state index in [9.17, 15) is 0 Å². The molecule has 0 radical (unpaired) electrons. The molecule has 3 N–H and O–H groups in total. The molecule has 1 heterocycles. The summed E-state index contributed by atoms with van der Waals surface area (Å²) in [6.07, 6.45) is 14.9. The van der Waals surface area contributed by atoms with Gasteiger partial charge in [0.15, 0.2) is 5.82 Å². The lowest BCUT2D eigenvalue weighted by atomic mass is 9.97. The Morgan fingerprint density at radius 1 is 1.26 bits per heavy atom. The lowest BCUT2D eigenvalue weighted by molar-refractivity contribution is 0.415. The molecule has 35 heavy (non-hydrogen) atoms. The Balaban J connectivity index is 1.79. The lowest BCUT2D eigenvalue weighted by Gasteiger charge is -2.26. The molecule has 0 spiro atoms. The molecule has 0 saturated heterocycles. The summed E-state index contributed by atoms with van der Waals surface area (Å²) >= 11 is 8.10. The maximum Gasteiger partial charge on any atom is 0.229 e. The molecule has 9 heteroatoms. The van der Waals surface area contributed by atoms with Crippen molar-refractivity contribution in [1.29, 1.82) is 0 Å². The number of benzene rings is 1. The van der Waals surface area contributed by atoms with Crippen molar-refractivity contribution in [3.63, 3.8) is 0 Å². The first-order valence-corrected chi connectivity index (χ1v) is 13.3. The van der Waals surface area contributed by atoms with Gasteiger partial charge in [-0.25, -0.2) is 4.98 Å². The molecular weight excluding hydrogens is 480 g/mol. The van der Waals surface area contributed by atoms with E-state index in [2.05, 4.69) is 68.4 Å². The molecule has 1 aromatic heterocycles. The van der Waals surface area contributed by atoms with E-state index in [0.29, 0.717) is 22.7 Å². The number of nitrogens with one attached hydrogen (secondary N) is 3. The Kier molecular flexibility index (Phi) is 10.3. The molecule has 2 atom stereocenters. The fourth-order valence-corrected chi connectivity index (χ4v) is 4.23. The minimum Gasteiger partial charge on any atom is -0.495 e. The van der Waals surface area contributed by atoms with Crippen LogP contribution in [0.25, 0.3) is 0 Å². The van der Waals surface area contributed by atoms with Crippen LogP contribution < -0.4 is 20.7 Å². The fourth-order valence-electron chi connectivity index (χ4n) is 3.70. The average Bonchev–Trinajstić information content (AvgIpc) is 3.11. The van der Waals surface area contributed by atoms with E-state index in [4.69, 9.17) is 16.3 Å². The van der Waals surface area contributed by atoms with Gasteiger partial charge in [0.25, 0.3) is 0 Å². The second kappa shape index (κ2) is 13.4. The second-order valence-corrected chi connectivity index (χ2v) is 9.50. The Bertz CT molecular complexity index is 1070. The predicted octanol–water partition coefficient (Wildman–Crippen LogP) is 5.99. The summed E-state index contributed by atoms with van der Waals surface area (Å²) in [6, 6.07) is 6.11. The molecule has 2 aromatic rings. The second-order valence-electron chi connectivity index (χ2n) is 8.18. The Labute approximate surface area is 218 Å². The van der Waals surface area contributed by atoms with Crippen LogP contribution in [0.1, 0.15) is 31.7 Å². The molecule has 0 bridgehead atoms. The number of halogens is 1. The van der Waals surface area contributed by atoms with E-state index in [-0.39, 0.29) is 6.04 Å². The molecule has 7 nitrogen and oxygen atoms in total. The largest absolute Gasteiger partial charge is 0.495 e. The van der Waals surface area contributed by atoms with Gasteiger partial charge in [-0.05, 0) is 49.2 Å². The third-order valence-corrected chi connectivity index (χ3v) is 6.87. The van der Waals surface area contributed by atoms with Gasteiger partial charge < -0.3 is 25.0 Å². The number of aromatic nitrogens is 2. The number of hydrogen-bond acceptors (Lipinski definition) is 8. The van der Waals surface area contributed by atoms with Crippen LogP contribution in [0.3, 0.4) is 0 Å². The number of likely N-dealkylation sites (N-methyl/N-ethyl adjacent to an activating group) is 1. The third kappa shape index (κ3) is 7.40. The van der Waals surface area contributed by atoms with Gasteiger partial charge >= 0.3 is 0 Å². The first-order valence-electron chi connectivity index (χ1n) is 11.7. The number of hydrogen-bond donors (Lipinski definition) is 3. The molecule has 0 amide bonds. The topological polar surface area (TPSA) is 74.3 Å². The number of anilines is 3. The summed E-state index contributed by atoms with van der Waals surface area (Å²) in [4.78, 5) is 9.04. The Morgan fingerprint density at radius 2 is 2.09 bits per heavy atom. The van der Waals surface area contributed by atoms with Crippen LogP contribution in [0.2, 0.25) is 5.02 Å². The van der Waals surface area contributed by atoms with E-state index in [1.54, 1.807) is 25.3 Å². The van der Waals surface area contributed by atoms with Crippen LogP contribution >= 0.6 is 23.5 Å². The zero-order valence-electron chi connectivity index (χ0n) is 21.0. The van der Waals surface area contributed by atoms with Gasteiger partial charge in [0.2, 0.25) is 5.95 Å². The molecule has 0 fully saturated rings. The smallest absolute Gasteiger partial charge is 0.229 e. The van der Waals surface area contributed by atoms with E-state index < -0.39 is 0 Å². The number of allylic oxidation sites excluding steroid dienone is 4. The van der Waals surface area contributed by atoms with Gasteiger partial charge in [-0.2, -0.15) is 4.98 Å². The zero-order chi connectivity index (χ0) is 25.2. The van der Waals surface area contributed by atoms with Crippen LogP contribution in [0.5, 0.6) is 5.75 Å². The lowest BCUT2D eigenvalue weighted by Crippen LogP contribution is -2.27. The fraction of sp³-hybridized carbons (Fsp3) is 0.385. The molecule has 0 saturated carbocycles. The highest BCUT2D eigenvalue weighted by molar-refractivity contribution is 7.96. The van der Waals surface area contributed by atoms with Crippen molar-refractivity contribution in [2.45, 2.75) is 32.2 Å². The van der Waals surface area contributed by atoms with Crippen molar-refractivity contribution in [1.82, 2.24) is 19.6 Å². The zero-order valence-corrected chi connectivity index (χ0v) is 22.6. The average molecular weight is 515 g/mol. The van der Waals surface area contributed by atoms with Crippen molar-refractivity contribution in [3.8, 4) is 5.75 Å². The van der Waals surface area contributed by atoms with Gasteiger partial charge in [0.1, 0.15) is 10.8 Å². The van der Waals surface area contributed by atoms with Gasteiger partial charge in [-0.3, -0.25) is 0 Å². The SMILES string of the molecule is CCNCCC(C)c1ccc(Nc2ncc(Cl)c(NC3C=CC=CC=C3N(C)SC)n2)c(OC)c1. The number of nitrogens with zero attached hydrogens (tertiary/aromatic N) is 3. The highest BCUT2D eigenvalue weighted by Gasteiger charge is 2.19. The van der Waals surface area contributed by atoms with Gasteiger partial charge in [-0.15, -0.1) is 0 Å². The van der Waals surface area contributed by atoms with Crippen molar-refractivity contribution >= 4 is 41.0 Å². The summed E-state index contributed by atoms with van der Waals surface area (Å²) in [5, 5.41) is 10.6. The summed E-state index contributed by atoms with van der Waals surface area (Å²) in [7, 11) is 3.70. The summed E-state index contributed by atoms with van der Waals surface area (Å²) in [5.41, 5.74) is 3.12. The quantitative estimate of drug-likeness (QED) is 0.236. The first-order chi connectivity index (χ1) is 17.0. The molecule has 0 aliphatic heterocycles. The van der Waals surface area contributed by atoms with Crippen LogP contribution in [-0.2, 0) is 0 Å². The van der Waals surface area contributed by atoms with Crippen molar-refractivity contribution in [2.75, 3.05) is 44.1 Å². The molecule has 188 valence electrons. The molecule has 2 unspecified atom stereocenters. The maximum atomic E-state index is 6.46. The standard InChI is InChI=1S/C26H35ClN6OS/c1-6-28-15-14-18(2)19-12-13-22(24(16-19)34-4)31-26-29-17-20(27)25(32-26)30-21-10-8-7-9-11-23(21)33(3)35-5/h7-13,16-18,21,28H,6,14-15H2,1-5H3,(H2,29,30,31,32). The Morgan fingerprint density at radius 3 is 2.83 bits per heavy atom. The maximum absolute atomic E-state index is 6.46. The molecule has 1 aliphatic carbocycles. The van der Waals surface area contributed by atoms with Crippen LogP contribution in [0.4, 0.5) is 17.5 Å². The molecular formula is C26H35ClN6OS. The molecule has 1 aliphatic rings. The highest BCUT2D eigenvalue weighted by Crippen LogP contribution is 2.32. The van der Waals surface area contributed by atoms with Gasteiger partial charge in [0, 0.05) is 13.3 Å². The Hall–Kier alpha value is -2.68. The van der Waals surface area contributed by atoms with Gasteiger partial charge in [-0.1, -0.05) is 67.8 Å². The van der Waals surface area contributed by atoms with E-state index in [1.165, 1.54) is 5.56 Å². The number of ether oxygens (including phenoxy) is 1. The van der Waals surface area contributed by atoms with Crippen molar-refractivity contribution < 1.29 is 4.74 Å². The monoisotopic (exact) mass is 514 g/mol. The number of methoxy groups -OCH3 is 1. The van der Waals surface area contributed by atoms with Crippen LogP contribution in [0, 0.1) is 0 Å².